The molecule has 1 aliphatic heterocycles. The fourth-order valence-electron chi connectivity index (χ4n) is 2.51. The summed E-state index contributed by atoms with van der Waals surface area (Å²) in [6, 6.07) is 2.44. The Labute approximate surface area is 135 Å². The number of likely N-dealkylation sites (tertiary alicyclic amines) is 1. The van der Waals surface area contributed by atoms with E-state index in [0.29, 0.717) is 11.4 Å². The zero-order valence-electron chi connectivity index (χ0n) is 12.7. The molecule has 2 atom stereocenters. The molecule has 24 heavy (non-hydrogen) atoms. The summed E-state index contributed by atoms with van der Waals surface area (Å²) in [5.74, 6) is -4.95. The van der Waals surface area contributed by atoms with Crippen molar-refractivity contribution in [2.24, 2.45) is 11.8 Å². The van der Waals surface area contributed by atoms with Crippen LogP contribution in [-0.4, -0.2) is 53.4 Å². The predicted molar refractivity (Wildman–Crippen MR) is 75.3 cm³/mol. The number of rotatable bonds is 4. The smallest absolute Gasteiger partial charge is 0.394 e. The largest absolute Gasteiger partial charge is 0.481 e. The molecule has 1 aromatic heterocycles. The Morgan fingerprint density at radius 2 is 2.17 bits per heavy atom. The maximum Gasteiger partial charge on any atom is 0.394 e. The third-order valence-electron chi connectivity index (χ3n) is 3.80. The van der Waals surface area contributed by atoms with E-state index in [1.165, 1.54) is 13.3 Å². The van der Waals surface area contributed by atoms with Crippen LogP contribution in [0.1, 0.15) is 5.56 Å². The highest BCUT2D eigenvalue weighted by atomic mass is 19.4. The van der Waals surface area contributed by atoms with E-state index in [4.69, 9.17) is 9.84 Å². The van der Waals surface area contributed by atoms with Crippen LogP contribution in [0.5, 0.6) is 5.88 Å². The number of carboxylic acid groups (broad SMARTS) is 1. The number of nitrogens with one attached hydrogen (secondary N) is 1. The van der Waals surface area contributed by atoms with Gasteiger partial charge in [0.05, 0.1) is 18.9 Å². The number of halogens is 3. The molecule has 0 aliphatic carbocycles. The molecule has 0 saturated carbocycles. The molecule has 2 heterocycles. The standard InChI is InChI=1S/C14H16F3N3O4/c1-24-11-4-8(2-3-18-11)5-19-13(23)20-6-9(12(21)22)10(7-20)14(15,16)17/h2-4,9-10H,5-7H2,1H3,(H,19,23)(H,21,22)/t9-,10-/m1/s1. The van der Waals surface area contributed by atoms with Crippen molar-refractivity contribution in [1.82, 2.24) is 15.2 Å². The summed E-state index contributed by atoms with van der Waals surface area (Å²) in [7, 11) is 1.43. The molecule has 1 saturated heterocycles. The highest BCUT2D eigenvalue weighted by Crippen LogP contribution is 2.37. The predicted octanol–water partition coefficient (Wildman–Crippen LogP) is 1.49. The number of carboxylic acids is 1. The number of ether oxygens (including phenoxy) is 1. The summed E-state index contributed by atoms with van der Waals surface area (Å²) in [6.45, 7) is -1.10. The third kappa shape index (κ3) is 4.06. The number of amides is 2. The number of hydrogen-bond acceptors (Lipinski definition) is 4. The van der Waals surface area contributed by atoms with E-state index in [-0.39, 0.29) is 6.54 Å². The van der Waals surface area contributed by atoms with Crippen LogP contribution in [0.2, 0.25) is 0 Å². The van der Waals surface area contributed by atoms with Gasteiger partial charge in [-0.2, -0.15) is 13.2 Å². The van der Waals surface area contributed by atoms with E-state index in [2.05, 4.69) is 10.3 Å². The quantitative estimate of drug-likeness (QED) is 0.861. The maximum atomic E-state index is 12.9. The number of carbonyl (C=O) groups is 2. The summed E-state index contributed by atoms with van der Waals surface area (Å²) in [6.07, 6.45) is -3.20. The molecule has 7 nitrogen and oxygen atoms in total. The van der Waals surface area contributed by atoms with Gasteiger partial charge in [0.2, 0.25) is 5.88 Å². The van der Waals surface area contributed by atoms with Crippen LogP contribution >= 0.6 is 0 Å². The molecule has 1 aromatic rings. The van der Waals surface area contributed by atoms with Crippen molar-refractivity contribution in [3.63, 3.8) is 0 Å². The minimum Gasteiger partial charge on any atom is -0.481 e. The van der Waals surface area contributed by atoms with Crippen LogP contribution in [0.3, 0.4) is 0 Å². The lowest BCUT2D eigenvalue weighted by Gasteiger charge is -2.18. The summed E-state index contributed by atoms with van der Waals surface area (Å²) in [5.41, 5.74) is 0.650. The number of methoxy groups -OCH3 is 1. The number of hydrogen-bond donors (Lipinski definition) is 2. The molecular weight excluding hydrogens is 331 g/mol. The van der Waals surface area contributed by atoms with Crippen LogP contribution in [-0.2, 0) is 11.3 Å². The van der Waals surface area contributed by atoms with Gasteiger partial charge in [-0.05, 0) is 11.6 Å². The maximum absolute atomic E-state index is 12.9. The Morgan fingerprint density at radius 1 is 1.46 bits per heavy atom. The lowest BCUT2D eigenvalue weighted by molar-refractivity contribution is -0.187. The van der Waals surface area contributed by atoms with Crippen molar-refractivity contribution >= 4 is 12.0 Å². The van der Waals surface area contributed by atoms with Crippen LogP contribution in [0.15, 0.2) is 18.3 Å². The van der Waals surface area contributed by atoms with Gasteiger partial charge in [-0.25, -0.2) is 9.78 Å². The summed E-state index contributed by atoms with van der Waals surface area (Å²) >= 11 is 0. The van der Waals surface area contributed by atoms with Crippen LogP contribution in [0.25, 0.3) is 0 Å². The number of aliphatic carboxylic acids is 1. The van der Waals surface area contributed by atoms with Gasteiger partial charge in [0.15, 0.2) is 0 Å². The topological polar surface area (TPSA) is 91.8 Å². The molecule has 1 aliphatic rings. The fraction of sp³-hybridized carbons (Fsp3) is 0.500. The summed E-state index contributed by atoms with van der Waals surface area (Å²) in [4.78, 5) is 27.8. The van der Waals surface area contributed by atoms with Crippen LogP contribution in [0.4, 0.5) is 18.0 Å². The zero-order valence-corrected chi connectivity index (χ0v) is 12.7. The van der Waals surface area contributed by atoms with Crippen LogP contribution in [0, 0.1) is 11.8 Å². The van der Waals surface area contributed by atoms with Gasteiger partial charge in [-0.1, -0.05) is 0 Å². The van der Waals surface area contributed by atoms with E-state index < -0.39 is 43.1 Å². The second kappa shape index (κ2) is 6.93. The number of alkyl halides is 3. The average molecular weight is 347 g/mol. The first-order chi connectivity index (χ1) is 11.2. The van der Waals surface area contributed by atoms with E-state index in [1.807, 2.05) is 0 Å². The van der Waals surface area contributed by atoms with Gasteiger partial charge in [-0.15, -0.1) is 0 Å². The fourth-order valence-corrected chi connectivity index (χ4v) is 2.51. The van der Waals surface area contributed by atoms with Crippen LogP contribution < -0.4 is 10.1 Å². The van der Waals surface area contributed by atoms with E-state index >= 15 is 0 Å². The molecule has 0 unspecified atom stereocenters. The zero-order chi connectivity index (χ0) is 17.9. The van der Waals surface area contributed by atoms with Crippen molar-refractivity contribution < 1.29 is 32.6 Å². The number of aromatic nitrogens is 1. The minimum absolute atomic E-state index is 0.0582. The van der Waals surface area contributed by atoms with Gasteiger partial charge in [0.1, 0.15) is 0 Å². The molecule has 132 valence electrons. The first-order valence-electron chi connectivity index (χ1n) is 7.03. The lowest BCUT2D eigenvalue weighted by atomic mass is 9.96. The molecule has 10 heteroatoms. The summed E-state index contributed by atoms with van der Waals surface area (Å²) in [5, 5.41) is 11.4. The van der Waals surface area contributed by atoms with Crippen molar-refractivity contribution in [2.45, 2.75) is 12.7 Å². The molecule has 0 aromatic carbocycles. The number of pyridine rings is 1. The van der Waals surface area contributed by atoms with Crippen molar-refractivity contribution in [3.8, 4) is 5.88 Å². The highest BCUT2D eigenvalue weighted by molar-refractivity contribution is 5.77. The van der Waals surface area contributed by atoms with Crippen molar-refractivity contribution in [3.05, 3.63) is 23.9 Å². The monoisotopic (exact) mass is 347 g/mol. The molecule has 2 rings (SSSR count). The number of carbonyl (C=O) groups excluding carboxylic acids is 1. The van der Waals surface area contributed by atoms with Gasteiger partial charge in [0.25, 0.3) is 0 Å². The van der Waals surface area contributed by atoms with Gasteiger partial charge < -0.3 is 20.1 Å². The van der Waals surface area contributed by atoms with Crippen molar-refractivity contribution in [2.75, 3.05) is 20.2 Å². The Morgan fingerprint density at radius 3 is 2.71 bits per heavy atom. The minimum atomic E-state index is -4.67. The molecule has 0 spiro atoms. The Hall–Kier alpha value is -2.52. The Bertz CT molecular complexity index is 624. The first kappa shape index (κ1) is 17.8. The third-order valence-corrected chi connectivity index (χ3v) is 3.80. The molecule has 0 radical (unpaired) electrons. The second-order valence-corrected chi connectivity index (χ2v) is 5.36. The highest BCUT2D eigenvalue weighted by Gasteiger charge is 2.53. The molecule has 2 N–H and O–H groups in total. The Kier molecular flexibility index (Phi) is 5.15. The Balaban J connectivity index is 1.98. The molecule has 0 bridgehead atoms. The molecule has 1 fully saturated rings. The SMILES string of the molecule is COc1cc(CNC(=O)N2C[C@@H](C(F)(F)F)[C@H](C(=O)O)C2)ccn1. The van der Waals surface area contributed by atoms with Gasteiger partial charge in [0, 0.05) is 31.9 Å². The van der Waals surface area contributed by atoms with Gasteiger partial charge >= 0.3 is 18.2 Å². The number of urea groups is 1. The van der Waals surface area contributed by atoms with E-state index in [9.17, 15) is 22.8 Å². The lowest BCUT2D eigenvalue weighted by Crippen LogP contribution is -2.39. The van der Waals surface area contributed by atoms with Gasteiger partial charge in [-0.3, -0.25) is 4.79 Å². The van der Waals surface area contributed by atoms with E-state index in [0.717, 1.165) is 4.90 Å². The molecular formula is C14H16F3N3O4. The first-order valence-corrected chi connectivity index (χ1v) is 7.03. The summed E-state index contributed by atoms with van der Waals surface area (Å²) < 4.78 is 43.6. The second-order valence-electron chi connectivity index (χ2n) is 5.36. The number of nitrogens with zero attached hydrogens (tertiary/aromatic N) is 2. The normalized spacial score (nSPS) is 20.8. The molecule has 2 amide bonds. The van der Waals surface area contributed by atoms with E-state index in [1.54, 1.807) is 12.1 Å². The van der Waals surface area contributed by atoms with Crippen molar-refractivity contribution in [1.29, 1.82) is 0 Å². The average Bonchev–Trinajstić information content (AvgIpc) is 2.98.